The predicted molar refractivity (Wildman–Crippen MR) is 112 cm³/mol. The molecule has 0 unspecified atom stereocenters. The van der Waals surface area contributed by atoms with E-state index in [1.165, 1.54) is 0 Å². The topological polar surface area (TPSA) is 76.2 Å². The molecule has 0 radical (unpaired) electrons. The van der Waals surface area contributed by atoms with Gasteiger partial charge < -0.3 is 19.3 Å². The largest absolute Gasteiger partial charge is 0.513 e. The van der Waals surface area contributed by atoms with Crippen molar-refractivity contribution in [1.29, 1.82) is 0 Å². The zero-order chi connectivity index (χ0) is 21.5. The number of hydrogen-bond donors (Lipinski definition) is 0. The molecule has 2 amide bonds. The molecule has 3 rings (SSSR count). The lowest BCUT2D eigenvalue weighted by molar-refractivity contribution is 0.0718. The summed E-state index contributed by atoms with van der Waals surface area (Å²) in [5, 5.41) is 0. The van der Waals surface area contributed by atoms with E-state index < -0.39 is 6.16 Å². The van der Waals surface area contributed by atoms with Gasteiger partial charge in [-0.2, -0.15) is 0 Å². The number of nitrogens with zero attached hydrogens (tertiary/aromatic N) is 2. The Labute approximate surface area is 176 Å². The molecule has 1 aliphatic heterocycles. The standard InChI is InChI=1S/C23H26N2O5/c1-3-29-23(28)30-19-11-9-18(10-12-19)21(26)24-13-6-14-25(16-15-24)22(27)20-8-5-4-7-17(20)2/h4-5,7-12H,3,6,13-16H2,1-2H3. The zero-order valence-electron chi connectivity index (χ0n) is 17.3. The van der Waals surface area contributed by atoms with Crippen LogP contribution in [0, 0.1) is 6.92 Å². The van der Waals surface area contributed by atoms with E-state index in [2.05, 4.69) is 0 Å². The highest BCUT2D eigenvalue weighted by atomic mass is 16.7. The first kappa shape index (κ1) is 21.4. The van der Waals surface area contributed by atoms with E-state index in [0.717, 1.165) is 5.56 Å². The van der Waals surface area contributed by atoms with E-state index in [-0.39, 0.29) is 18.4 Å². The van der Waals surface area contributed by atoms with Crippen LogP contribution in [0.2, 0.25) is 0 Å². The molecule has 1 aliphatic rings. The summed E-state index contributed by atoms with van der Waals surface area (Å²) >= 11 is 0. The molecule has 0 aliphatic carbocycles. The number of rotatable bonds is 4. The van der Waals surface area contributed by atoms with Gasteiger partial charge in [-0.3, -0.25) is 9.59 Å². The maximum Gasteiger partial charge on any atom is 0.513 e. The Bertz CT molecular complexity index is 910. The molecular formula is C23H26N2O5. The number of carbonyl (C=O) groups is 3. The van der Waals surface area contributed by atoms with Gasteiger partial charge in [0, 0.05) is 37.3 Å². The Morgan fingerprint density at radius 3 is 2.13 bits per heavy atom. The highest BCUT2D eigenvalue weighted by Crippen LogP contribution is 2.17. The van der Waals surface area contributed by atoms with Crippen LogP contribution in [0.25, 0.3) is 0 Å². The molecule has 0 saturated carbocycles. The average Bonchev–Trinajstić information content (AvgIpc) is 3.00. The van der Waals surface area contributed by atoms with Gasteiger partial charge in [-0.05, 0) is 56.2 Å². The van der Waals surface area contributed by atoms with Crippen molar-refractivity contribution in [2.24, 2.45) is 0 Å². The quantitative estimate of drug-likeness (QED) is 0.569. The van der Waals surface area contributed by atoms with Gasteiger partial charge in [0.1, 0.15) is 5.75 Å². The zero-order valence-corrected chi connectivity index (χ0v) is 17.3. The van der Waals surface area contributed by atoms with Crippen molar-refractivity contribution in [2.45, 2.75) is 20.3 Å². The third-order valence-corrected chi connectivity index (χ3v) is 5.01. The van der Waals surface area contributed by atoms with Crippen LogP contribution >= 0.6 is 0 Å². The molecule has 2 aromatic carbocycles. The maximum absolute atomic E-state index is 12.9. The number of aryl methyl sites for hydroxylation is 1. The molecule has 7 nitrogen and oxygen atoms in total. The molecular weight excluding hydrogens is 384 g/mol. The molecule has 2 aromatic rings. The predicted octanol–water partition coefficient (Wildman–Crippen LogP) is 3.52. The van der Waals surface area contributed by atoms with E-state index in [0.29, 0.717) is 49.5 Å². The Morgan fingerprint density at radius 2 is 1.50 bits per heavy atom. The fourth-order valence-corrected chi connectivity index (χ4v) is 3.40. The second-order valence-corrected chi connectivity index (χ2v) is 7.06. The third-order valence-electron chi connectivity index (χ3n) is 5.01. The number of benzene rings is 2. The molecule has 1 heterocycles. The first-order valence-electron chi connectivity index (χ1n) is 10.1. The second kappa shape index (κ2) is 9.91. The van der Waals surface area contributed by atoms with Gasteiger partial charge in [-0.25, -0.2) is 4.79 Å². The molecule has 0 bridgehead atoms. The first-order valence-corrected chi connectivity index (χ1v) is 10.1. The van der Waals surface area contributed by atoms with Crippen LogP contribution in [0.15, 0.2) is 48.5 Å². The SMILES string of the molecule is CCOC(=O)Oc1ccc(C(=O)N2CCCN(C(=O)c3ccccc3C)CC2)cc1. The molecule has 1 saturated heterocycles. The average molecular weight is 410 g/mol. The Hall–Kier alpha value is -3.35. The van der Waals surface area contributed by atoms with Crippen LogP contribution in [0.1, 0.15) is 39.6 Å². The lowest BCUT2D eigenvalue weighted by Crippen LogP contribution is -2.37. The molecule has 0 atom stereocenters. The molecule has 0 N–H and O–H groups in total. The second-order valence-electron chi connectivity index (χ2n) is 7.06. The summed E-state index contributed by atoms with van der Waals surface area (Å²) in [6.07, 6.45) is -0.0598. The summed E-state index contributed by atoms with van der Waals surface area (Å²) < 4.78 is 9.75. The van der Waals surface area contributed by atoms with Crippen molar-refractivity contribution < 1.29 is 23.9 Å². The maximum atomic E-state index is 12.9. The Kier molecular flexibility index (Phi) is 7.06. The summed E-state index contributed by atoms with van der Waals surface area (Å²) in [7, 11) is 0. The number of hydrogen-bond acceptors (Lipinski definition) is 5. The van der Waals surface area contributed by atoms with Crippen molar-refractivity contribution in [3.05, 3.63) is 65.2 Å². The van der Waals surface area contributed by atoms with Crippen LogP contribution in [-0.4, -0.2) is 60.6 Å². The van der Waals surface area contributed by atoms with Gasteiger partial charge in [0.05, 0.1) is 6.61 Å². The van der Waals surface area contributed by atoms with Gasteiger partial charge in [0.25, 0.3) is 11.8 Å². The van der Waals surface area contributed by atoms with Crippen LogP contribution in [0.5, 0.6) is 5.75 Å². The Balaban J connectivity index is 1.61. The number of ether oxygens (including phenoxy) is 2. The summed E-state index contributed by atoms with van der Waals surface area (Å²) in [6, 6.07) is 13.9. The van der Waals surface area contributed by atoms with Gasteiger partial charge in [-0.15, -0.1) is 0 Å². The van der Waals surface area contributed by atoms with Crippen LogP contribution in [0.4, 0.5) is 4.79 Å². The highest BCUT2D eigenvalue weighted by Gasteiger charge is 2.24. The minimum absolute atomic E-state index is 0.00265. The number of carbonyl (C=O) groups excluding carboxylic acids is 3. The van der Waals surface area contributed by atoms with Crippen molar-refractivity contribution in [1.82, 2.24) is 9.80 Å². The van der Waals surface area contributed by atoms with Crippen molar-refractivity contribution >= 4 is 18.0 Å². The van der Waals surface area contributed by atoms with E-state index in [1.807, 2.05) is 36.1 Å². The van der Waals surface area contributed by atoms with Crippen LogP contribution < -0.4 is 4.74 Å². The minimum atomic E-state index is -0.775. The van der Waals surface area contributed by atoms with Gasteiger partial charge in [-0.1, -0.05) is 18.2 Å². The van der Waals surface area contributed by atoms with E-state index >= 15 is 0 Å². The third kappa shape index (κ3) is 5.17. The van der Waals surface area contributed by atoms with Gasteiger partial charge >= 0.3 is 6.16 Å². The molecule has 7 heteroatoms. The van der Waals surface area contributed by atoms with Gasteiger partial charge in [0.15, 0.2) is 0 Å². The lowest BCUT2D eigenvalue weighted by atomic mass is 10.1. The molecule has 158 valence electrons. The van der Waals surface area contributed by atoms with Crippen LogP contribution in [0.3, 0.4) is 0 Å². The fraction of sp³-hybridized carbons (Fsp3) is 0.348. The monoisotopic (exact) mass is 410 g/mol. The summed E-state index contributed by atoms with van der Waals surface area (Å²) in [5.74, 6) is 0.210. The Morgan fingerprint density at radius 1 is 0.867 bits per heavy atom. The molecule has 0 spiro atoms. The smallest absolute Gasteiger partial charge is 0.434 e. The molecule has 30 heavy (non-hydrogen) atoms. The fourth-order valence-electron chi connectivity index (χ4n) is 3.40. The summed E-state index contributed by atoms with van der Waals surface area (Å²) in [5.41, 5.74) is 2.16. The first-order chi connectivity index (χ1) is 14.5. The summed E-state index contributed by atoms with van der Waals surface area (Å²) in [4.78, 5) is 40.7. The minimum Gasteiger partial charge on any atom is -0.434 e. The van der Waals surface area contributed by atoms with E-state index in [1.54, 1.807) is 36.1 Å². The molecule has 1 fully saturated rings. The number of amides is 2. The molecule has 0 aromatic heterocycles. The van der Waals surface area contributed by atoms with E-state index in [4.69, 9.17) is 9.47 Å². The van der Waals surface area contributed by atoms with E-state index in [9.17, 15) is 14.4 Å². The van der Waals surface area contributed by atoms with Crippen molar-refractivity contribution in [3.8, 4) is 5.75 Å². The summed E-state index contributed by atoms with van der Waals surface area (Å²) in [6.45, 7) is 6.01. The highest BCUT2D eigenvalue weighted by molar-refractivity contribution is 5.96. The van der Waals surface area contributed by atoms with Crippen molar-refractivity contribution in [3.63, 3.8) is 0 Å². The van der Waals surface area contributed by atoms with Crippen LogP contribution in [-0.2, 0) is 4.74 Å². The van der Waals surface area contributed by atoms with Crippen molar-refractivity contribution in [2.75, 3.05) is 32.8 Å². The lowest BCUT2D eigenvalue weighted by Gasteiger charge is -2.23. The normalized spacial score (nSPS) is 14.1. The van der Waals surface area contributed by atoms with Gasteiger partial charge in [0.2, 0.25) is 0 Å².